The van der Waals surface area contributed by atoms with Gasteiger partial charge in [0, 0.05) is 37.2 Å². The van der Waals surface area contributed by atoms with Crippen LogP contribution in [0.3, 0.4) is 0 Å². The summed E-state index contributed by atoms with van der Waals surface area (Å²) < 4.78 is 34.2. The highest BCUT2D eigenvalue weighted by Gasteiger charge is 2.40. The van der Waals surface area contributed by atoms with E-state index >= 15 is 0 Å². The molecule has 3 aromatic heterocycles. The van der Waals surface area contributed by atoms with Crippen LogP contribution in [0.4, 0.5) is 8.78 Å². The Morgan fingerprint density at radius 1 is 1.23 bits per heavy atom. The van der Waals surface area contributed by atoms with E-state index in [1.165, 1.54) is 13.1 Å². The maximum atomic E-state index is 13.8. The number of aromatic nitrogens is 5. The van der Waals surface area contributed by atoms with E-state index in [9.17, 15) is 13.6 Å². The van der Waals surface area contributed by atoms with Crippen molar-refractivity contribution in [2.45, 2.75) is 58.9 Å². The third kappa shape index (κ3) is 4.77. The first kappa shape index (κ1) is 21.7. The maximum Gasteiger partial charge on any atom is 0.376 e. The van der Waals surface area contributed by atoms with E-state index in [4.69, 9.17) is 0 Å². The van der Waals surface area contributed by atoms with Gasteiger partial charge in [-0.05, 0) is 39.8 Å². The van der Waals surface area contributed by atoms with E-state index < -0.39 is 18.3 Å². The number of fused-ring (bicyclic) bond motifs is 1. The number of aryl methyl sites for hydroxylation is 2. The number of alkyl halides is 2. The highest BCUT2D eigenvalue weighted by Crippen LogP contribution is 2.23. The number of nitrogens with zero attached hydrogens (tertiary/aromatic N) is 5. The number of imidazole rings is 1. The van der Waals surface area contributed by atoms with E-state index in [-0.39, 0.29) is 24.9 Å². The van der Waals surface area contributed by atoms with Crippen LogP contribution < -0.4 is 0 Å². The molecule has 0 saturated carbocycles. The number of carbonyl (C=O) groups excluding carboxylic acids is 1. The second-order valence-electron chi connectivity index (χ2n) is 7.35. The highest BCUT2D eigenvalue weighted by molar-refractivity contribution is 5.77. The van der Waals surface area contributed by atoms with E-state index in [0.29, 0.717) is 12.1 Å². The number of esters is 1. The fraction of sp³-hybridized carbons (Fsp3) is 0.476. The number of pyridine rings is 1. The zero-order valence-electron chi connectivity index (χ0n) is 17.5. The average Bonchev–Trinajstić information content (AvgIpc) is 3.02. The molecule has 3 rings (SSSR count). The van der Waals surface area contributed by atoms with Gasteiger partial charge in [0.2, 0.25) is 0 Å². The smallest absolute Gasteiger partial charge is 0.376 e. The Morgan fingerprint density at radius 3 is 2.70 bits per heavy atom. The first-order chi connectivity index (χ1) is 14.2. The Labute approximate surface area is 173 Å². The van der Waals surface area contributed by atoms with Crippen LogP contribution in [0, 0.1) is 6.92 Å². The topological polar surface area (TPSA) is 82.8 Å². The summed E-state index contributed by atoms with van der Waals surface area (Å²) in [6.45, 7) is 7.55. The zero-order valence-corrected chi connectivity index (χ0v) is 17.5. The molecule has 0 spiro atoms. The van der Waals surface area contributed by atoms with Crippen molar-refractivity contribution in [3.63, 3.8) is 0 Å². The number of rotatable bonds is 8. The molecule has 9 heteroatoms. The molecule has 0 amide bonds. The Hall–Kier alpha value is -2.97. The molecule has 0 bridgehead atoms. The number of ether oxygens (including phenoxy) is 1. The Kier molecular flexibility index (Phi) is 6.38. The minimum atomic E-state index is -3.56. The summed E-state index contributed by atoms with van der Waals surface area (Å²) in [7, 11) is 0. The van der Waals surface area contributed by atoms with Crippen molar-refractivity contribution in [3.05, 3.63) is 47.6 Å². The molecule has 3 aromatic rings. The lowest BCUT2D eigenvalue weighted by Crippen LogP contribution is -2.31. The first-order valence-corrected chi connectivity index (χ1v) is 9.90. The average molecular weight is 417 g/mol. The predicted octanol–water partition coefficient (Wildman–Crippen LogP) is 3.83. The van der Waals surface area contributed by atoms with E-state index in [0.717, 1.165) is 22.6 Å². The van der Waals surface area contributed by atoms with Crippen LogP contribution >= 0.6 is 0 Å². The number of carbonyl (C=O) groups is 1. The lowest BCUT2D eigenvalue weighted by Gasteiger charge is -2.14. The molecule has 3 heterocycles. The second-order valence-corrected chi connectivity index (χ2v) is 7.35. The van der Waals surface area contributed by atoms with Gasteiger partial charge < -0.3 is 9.30 Å². The molecule has 30 heavy (non-hydrogen) atoms. The number of hydrogen-bond donors (Lipinski definition) is 0. The maximum absolute atomic E-state index is 13.8. The Bertz CT molecular complexity index is 1050. The van der Waals surface area contributed by atoms with E-state index in [2.05, 4.69) is 43.1 Å². The molecular weight excluding hydrogens is 392 g/mol. The van der Waals surface area contributed by atoms with Crippen molar-refractivity contribution in [2.75, 3.05) is 6.61 Å². The minimum absolute atomic E-state index is 0.0903. The van der Waals surface area contributed by atoms with Crippen LogP contribution in [-0.2, 0) is 22.4 Å². The van der Waals surface area contributed by atoms with Gasteiger partial charge in [0.15, 0.2) is 0 Å². The molecule has 0 saturated heterocycles. The molecule has 0 aliphatic carbocycles. The predicted molar refractivity (Wildman–Crippen MR) is 107 cm³/mol. The minimum Gasteiger partial charge on any atom is -0.462 e. The van der Waals surface area contributed by atoms with Gasteiger partial charge in [-0.3, -0.25) is 4.98 Å². The van der Waals surface area contributed by atoms with Crippen molar-refractivity contribution in [3.8, 4) is 0 Å². The van der Waals surface area contributed by atoms with Crippen molar-refractivity contribution in [2.24, 2.45) is 0 Å². The van der Waals surface area contributed by atoms with Crippen molar-refractivity contribution >= 4 is 17.0 Å². The lowest BCUT2D eigenvalue weighted by atomic mass is 10.1. The van der Waals surface area contributed by atoms with Gasteiger partial charge in [0.1, 0.15) is 17.2 Å². The van der Waals surface area contributed by atoms with Crippen LogP contribution in [0.5, 0.6) is 0 Å². The van der Waals surface area contributed by atoms with Crippen LogP contribution in [0.25, 0.3) is 11.0 Å². The summed E-state index contributed by atoms with van der Waals surface area (Å²) in [5.74, 6) is -3.91. The van der Waals surface area contributed by atoms with Crippen molar-refractivity contribution < 1.29 is 18.3 Å². The van der Waals surface area contributed by atoms with Gasteiger partial charge in [-0.1, -0.05) is 0 Å². The van der Waals surface area contributed by atoms with Gasteiger partial charge >= 0.3 is 11.9 Å². The fourth-order valence-corrected chi connectivity index (χ4v) is 3.36. The summed E-state index contributed by atoms with van der Waals surface area (Å²) in [6.07, 6.45) is 2.86. The third-order valence-electron chi connectivity index (χ3n) is 4.69. The molecule has 0 fully saturated rings. The van der Waals surface area contributed by atoms with Crippen molar-refractivity contribution in [1.82, 2.24) is 24.5 Å². The van der Waals surface area contributed by atoms with Crippen LogP contribution in [-0.4, -0.2) is 43.0 Å². The molecule has 0 aliphatic heterocycles. The molecule has 0 aromatic carbocycles. The van der Waals surface area contributed by atoms with Gasteiger partial charge in [-0.2, -0.15) is 8.78 Å². The number of hydrogen-bond acceptors (Lipinski definition) is 6. The normalized spacial score (nSPS) is 12.0. The summed E-state index contributed by atoms with van der Waals surface area (Å²) >= 11 is 0. The SMILES string of the molecule is CCOC(=O)C(F)(F)CCc1nccc(Cc2cc3c(cn2)nc(C)n3C(C)C)n1. The van der Waals surface area contributed by atoms with E-state index in [1.807, 2.05) is 13.0 Å². The van der Waals surface area contributed by atoms with Gasteiger partial charge in [-0.25, -0.2) is 19.7 Å². The molecule has 160 valence electrons. The highest BCUT2D eigenvalue weighted by atomic mass is 19.3. The summed E-state index contributed by atoms with van der Waals surface area (Å²) in [5, 5.41) is 0. The quantitative estimate of drug-likeness (QED) is 0.518. The summed E-state index contributed by atoms with van der Waals surface area (Å²) in [4.78, 5) is 28.8. The summed E-state index contributed by atoms with van der Waals surface area (Å²) in [6, 6.07) is 3.97. The standard InChI is InChI=1S/C21H25F2N5O2/c1-5-30-20(29)21(22,23)8-6-19-24-9-7-15(27-19)10-16-11-18-17(12-25-16)26-14(4)28(18)13(2)3/h7,9,11-13H,5-6,8,10H2,1-4H3. The van der Waals surface area contributed by atoms with Crippen LogP contribution in [0.15, 0.2) is 24.5 Å². The molecule has 0 aliphatic rings. The van der Waals surface area contributed by atoms with Gasteiger partial charge in [-0.15, -0.1) is 0 Å². The van der Waals surface area contributed by atoms with E-state index in [1.54, 1.807) is 12.3 Å². The molecule has 0 radical (unpaired) electrons. The fourth-order valence-electron chi connectivity index (χ4n) is 3.36. The van der Waals surface area contributed by atoms with Gasteiger partial charge in [0.25, 0.3) is 0 Å². The molecule has 7 nitrogen and oxygen atoms in total. The molecule has 0 N–H and O–H groups in total. The largest absolute Gasteiger partial charge is 0.462 e. The summed E-state index contributed by atoms with van der Waals surface area (Å²) in [5.41, 5.74) is 3.29. The monoisotopic (exact) mass is 417 g/mol. The van der Waals surface area contributed by atoms with Crippen LogP contribution in [0.2, 0.25) is 0 Å². The Balaban J connectivity index is 1.75. The molecular formula is C21H25F2N5O2. The lowest BCUT2D eigenvalue weighted by molar-refractivity contribution is -0.172. The number of halogens is 2. The first-order valence-electron chi connectivity index (χ1n) is 9.90. The molecule has 0 atom stereocenters. The second kappa shape index (κ2) is 8.81. The van der Waals surface area contributed by atoms with Crippen molar-refractivity contribution in [1.29, 1.82) is 0 Å². The molecule has 0 unspecified atom stereocenters. The third-order valence-corrected chi connectivity index (χ3v) is 4.69. The zero-order chi connectivity index (χ0) is 21.9. The Morgan fingerprint density at radius 2 is 2.00 bits per heavy atom. The van der Waals surface area contributed by atoms with Gasteiger partial charge in [0.05, 0.1) is 24.0 Å². The van der Waals surface area contributed by atoms with Crippen LogP contribution in [0.1, 0.15) is 56.3 Å².